The number of anilines is 1. The van der Waals surface area contributed by atoms with Crippen molar-refractivity contribution in [3.8, 4) is 0 Å². The van der Waals surface area contributed by atoms with Crippen LogP contribution in [0.3, 0.4) is 0 Å². The number of aromatic carboxylic acids is 1. The monoisotopic (exact) mass is 260 g/mol. The molecule has 8 nitrogen and oxygen atoms in total. The molecule has 19 heavy (non-hydrogen) atoms. The van der Waals surface area contributed by atoms with Crippen molar-refractivity contribution >= 4 is 17.6 Å². The Hall–Kier alpha value is -3.03. The summed E-state index contributed by atoms with van der Waals surface area (Å²) >= 11 is 0. The number of nitrogens with one attached hydrogen (secondary N) is 2. The zero-order valence-electron chi connectivity index (χ0n) is 9.45. The van der Waals surface area contributed by atoms with Crippen LogP contribution in [0.4, 0.5) is 5.69 Å². The SMILES string of the molecule is O=C(O)c1ccc(NC(=O)c2ccc(=O)[nH]n2)cn1. The van der Waals surface area contributed by atoms with Crippen LogP contribution < -0.4 is 10.9 Å². The Bertz CT molecular complexity index is 657. The quantitative estimate of drug-likeness (QED) is 0.719. The molecule has 0 unspecified atom stereocenters. The number of carbonyl (C=O) groups is 2. The van der Waals surface area contributed by atoms with E-state index in [1.54, 1.807) is 0 Å². The van der Waals surface area contributed by atoms with Crippen molar-refractivity contribution in [2.45, 2.75) is 0 Å². The van der Waals surface area contributed by atoms with Gasteiger partial charge in [-0.05, 0) is 18.2 Å². The molecule has 0 fully saturated rings. The van der Waals surface area contributed by atoms with Crippen molar-refractivity contribution in [2.24, 2.45) is 0 Å². The third kappa shape index (κ3) is 3.00. The molecule has 0 aliphatic carbocycles. The van der Waals surface area contributed by atoms with Crippen molar-refractivity contribution < 1.29 is 14.7 Å². The van der Waals surface area contributed by atoms with E-state index in [4.69, 9.17) is 5.11 Å². The summed E-state index contributed by atoms with van der Waals surface area (Å²) in [5.41, 5.74) is -0.186. The maximum absolute atomic E-state index is 11.7. The number of carbonyl (C=O) groups excluding carboxylic acids is 1. The smallest absolute Gasteiger partial charge is 0.354 e. The summed E-state index contributed by atoms with van der Waals surface area (Å²) in [6, 6.07) is 5.11. The molecule has 3 N–H and O–H groups in total. The number of hydrogen-bond acceptors (Lipinski definition) is 5. The van der Waals surface area contributed by atoms with Crippen LogP contribution in [0.15, 0.2) is 35.3 Å². The minimum absolute atomic E-state index is 0.0295. The summed E-state index contributed by atoms with van der Waals surface area (Å²) in [4.78, 5) is 36.7. The van der Waals surface area contributed by atoms with Crippen molar-refractivity contribution in [1.29, 1.82) is 0 Å². The second-order valence-corrected chi connectivity index (χ2v) is 3.50. The third-order valence-corrected chi connectivity index (χ3v) is 2.15. The average Bonchev–Trinajstić information content (AvgIpc) is 2.40. The molecule has 2 aromatic rings. The van der Waals surface area contributed by atoms with Gasteiger partial charge < -0.3 is 10.4 Å². The second-order valence-electron chi connectivity index (χ2n) is 3.50. The number of pyridine rings is 1. The Kier molecular flexibility index (Phi) is 3.33. The molecular weight excluding hydrogens is 252 g/mol. The fraction of sp³-hybridized carbons (Fsp3) is 0. The lowest BCUT2D eigenvalue weighted by atomic mass is 10.3. The van der Waals surface area contributed by atoms with E-state index in [0.29, 0.717) is 5.69 Å². The normalized spacial score (nSPS) is 9.89. The molecule has 1 amide bonds. The van der Waals surface area contributed by atoms with Crippen molar-refractivity contribution in [3.63, 3.8) is 0 Å². The topological polar surface area (TPSA) is 125 Å². The summed E-state index contributed by atoms with van der Waals surface area (Å²) in [6.45, 7) is 0. The molecule has 96 valence electrons. The highest BCUT2D eigenvalue weighted by molar-refractivity contribution is 6.02. The molecule has 0 saturated carbocycles. The van der Waals surface area contributed by atoms with E-state index in [1.165, 1.54) is 30.5 Å². The first-order valence-corrected chi connectivity index (χ1v) is 5.13. The number of carboxylic acid groups (broad SMARTS) is 1. The maximum atomic E-state index is 11.7. The molecule has 2 rings (SSSR count). The Balaban J connectivity index is 2.12. The van der Waals surface area contributed by atoms with Gasteiger partial charge in [0.05, 0.1) is 11.9 Å². The molecule has 0 atom stereocenters. The van der Waals surface area contributed by atoms with E-state index in [1.807, 2.05) is 0 Å². The molecule has 2 heterocycles. The van der Waals surface area contributed by atoms with Gasteiger partial charge in [0.25, 0.3) is 11.5 Å². The average molecular weight is 260 g/mol. The standard InChI is InChI=1S/C11H8N4O4/c16-9-4-3-7(14-15-9)10(17)13-6-1-2-8(11(18)19)12-5-6/h1-5H,(H,13,17)(H,15,16)(H,18,19). The van der Waals surface area contributed by atoms with Crippen LogP contribution in [-0.4, -0.2) is 32.2 Å². The first-order chi connectivity index (χ1) is 9.06. The van der Waals surface area contributed by atoms with Gasteiger partial charge in [-0.2, -0.15) is 5.10 Å². The van der Waals surface area contributed by atoms with Gasteiger partial charge in [0.2, 0.25) is 0 Å². The number of amides is 1. The lowest BCUT2D eigenvalue weighted by Gasteiger charge is -2.03. The van der Waals surface area contributed by atoms with Crippen LogP contribution in [0.25, 0.3) is 0 Å². The van der Waals surface area contributed by atoms with E-state index in [-0.39, 0.29) is 11.4 Å². The first kappa shape index (κ1) is 12.4. The van der Waals surface area contributed by atoms with Crippen LogP contribution >= 0.6 is 0 Å². The molecule has 0 aliphatic rings. The fourth-order valence-electron chi connectivity index (χ4n) is 1.26. The molecule has 8 heteroatoms. The Labute approximate surface area is 106 Å². The van der Waals surface area contributed by atoms with Crippen molar-refractivity contribution in [2.75, 3.05) is 5.32 Å². The van der Waals surface area contributed by atoms with Crippen LogP contribution in [0, 0.1) is 0 Å². The summed E-state index contributed by atoms with van der Waals surface area (Å²) in [7, 11) is 0. The van der Waals surface area contributed by atoms with Gasteiger partial charge in [0, 0.05) is 6.07 Å². The van der Waals surface area contributed by atoms with E-state index in [2.05, 4.69) is 20.5 Å². The number of H-pyrrole nitrogens is 1. The van der Waals surface area contributed by atoms with Crippen LogP contribution in [0.1, 0.15) is 21.0 Å². The molecule has 0 spiro atoms. The minimum atomic E-state index is -1.15. The number of nitrogens with zero attached hydrogens (tertiary/aromatic N) is 2. The van der Waals surface area contributed by atoms with Gasteiger partial charge >= 0.3 is 5.97 Å². The third-order valence-electron chi connectivity index (χ3n) is 2.15. The van der Waals surface area contributed by atoms with E-state index >= 15 is 0 Å². The fourth-order valence-corrected chi connectivity index (χ4v) is 1.26. The van der Waals surface area contributed by atoms with Gasteiger partial charge in [0.1, 0.15) is 11.4 Å². The molecule has 0 aromatic carbocycles. The molecule has 2 aromatic heterocycles. The lowest BCUT2D eigenvalue weighted by Crippen LogP contribution is -2.17. The molecular formula is C11H8N4O4. The zero-order valence-corrected chi connectivity index (χ0v) is 9.45. The Morgan fingerprint density at radius 1 is 1.16 bits per heavy atom. The van der Waals surface area contributed by atoms with Gasteiger partial charge in [-0.1, -0.05) is 0 Å². The van der Waals surface area contributed by atoms with Crippen LogP contribution in [0.2, 0.25) is 0 Å². The van der Waals surface area contributed by atoms with Crippen molar-refractivity contribution in [1.82, 2.24) is 15.2 Å². The van der Waals surface area contributed by atoms with E-state index < -0.39 is 17.4 Å². The second kappa shape index (κ2) is 5.08. The van der Waals surface area contributed by atoms with Crippen LogP contribution in [-0.2, 0) is 0 Å². The number of aromatic amines is 1. The molecule has 0 radical (unpaired) electrons. The van der Waals surface area contributed by atoms with Gasteiger partial charge in [-0.15, -0.1) is 0 Å². The van der Waals surface area contributed by atoms with Gasteiger partial charge in [0.15, 0.2) is 0 Å². The van der Waals surface area contributed by atoms with E-state index in [0.717, 1.165) is 0 Å². The maximum Gasteiger partial charge on any atom is 0.354 e. The zero-order chi connectivity index (χ0) is 13.8. The highest BCUT2D eigenvalue weighted by Crippen LogP contribution is 2.07. The van der Waals surface area contributed by atoms with E-state index in [9.17, 15) is 14.4 Å². The predicted octanol–water partition coefficient (Wildman–Crippen LogP) is 0.115. The molecule has 0 aliphatic heterocycles. The largest absolute Gasteiger partial charge is 0.477 e. The van der Waals surface area contributed by atoms with Gasteiger partial charge in [-0.25, -0.2) is 14.9 Å². The highest BCUT2D eigenvalue weighted by Gasteiger charge is 2.09. The number of hydrogen-bond donors (Lipinski definition) is 3. The van der Waals surface area contributed by atoms with Crippen LogP contribution in [0.5, 0.6) is 0 Å². The lowest BCUT2D eigenvalue weighted by molar-refractivity contribution is 0.0690. The Morgan fingerprint density at radius 3 is 2.42 bits per heavy atom. The number of aromatic nitrogens is 3. The number of rotatable bonds is 3. The summed E-state index contributed by atoms with van der Waals surface area (Å²) in [5, 5.41) is 16.8. The summed E-state index contributed by atoms with van der Waals surface area (Å²) in [5.74, 6) is -1.69. The van der Waals surface area contributed by atoms with Crippen molar-refractivity contribution in [3.05, 3.63) is 52.2 Å². The van der Waals surface area contributed by atoms with Gasteiger partial charge in [-0.3, -0.25) is 9.59 Å². The molecule has 0 bridgehead atoms. The summed E-state index contributed by atoms with van der Waals surface area (Å²) in [6.07, 6.45) is 1.22. The predicted molar refractivity (Wildman–Crippen MR) is 64.0 cm³/mol. The minimum Gasteiger partial charge on any atom is -0.477 e. The summed E-state index contributed by atoms with van der Waals surface area (Å²) < 4.78 is 0. The number of carboxylic acids is 1. The molecule has 0 saturated heterocycles. The highest BCUT2D eigenvalue weighted by atomic mass is 16.4. The first-order valence-electron chi connectivity index (χ1n) is 5.13. The Morgan fingerprint density at radius 2 is 1.89 bits per heavy atom.